The summed E-state index contributed by atoms with van der Waals surface area (Å²) >= 11 is 0. The number of hydrogen-bond donors (Lipinski definition) is 1. The molecule has 21 heavy (non-hydrogen) atoms. The zero-order valence-electron chi connectivity index (χ0n) is 12.3. The average molecular weight is 291 g/mol. The third-order valence-corrected chi connectivity index (χ3v) is 4.12. The molecular formula is C14H21N5O2. The average Bonchev–Trinajstić information content (AvgIpc) is 2.55. The van der Waals surface area contributed by atoms with E-state index in [1.165, 1.54) is 6.33 Å². The highest BCUT2D eigenvalue weighted by atomic mass is 16.5. The first-order valence-corrected chi connectivity index (χ1v) is 7.39. The van der Waals surface area contributed by atoms with E-state index in [0.29, 0.717) is 12.4 Å². The van der Waals surface area contributed by atoms with E-state index in [1.807, 2.05) is 11.0 Å². The van der Waals surface area contributed by atoms with Crippen molar-refractivity contribution in [1.82, 2.24) is 20.2 Å². The van der Waals surface area contributed by atoms with E-state index >= 15 is 0 Å². The molecule has 0 aromatic carbocycles. The molecule has 7 nitrogen and oxygen atoms in total. The number of hydrogen-bond acceptors (Lipinski definition) is 6. The van der Waals surface area contributed by atoms with E-state index in [4.69, 9.17) is 4.74 Å². The van der Waals surface area contributed by atoms with Gasteiger partial charge in [0.15, 0.2) is 0 Å². The minimum atomic E-state index is 0.202. The first-order chi connectivity index (χ1) is 10.3. The maximum Gasteiger partial charge on any atom is 0.236 e. The molecular weight excluding hydrogens is 270 g/mol. The van der Waals surface area contributed by atoms with Gasteiger partial charge in [0.2, 0.25) is 11.8 Å². The molecule has 1 unspecified atom stereocenters. The van der Waals surface area contributed by atoms with Crippen LogP contribution in [0.4, 0.5) is 5.82 Å². The zero-order valence-corrected chi connectivity index (χ0v) is 12.3. The van der Waals surface area contributed by atoms with Gasteiger partial charge in [-0.2, -0.15) is 0 Å². The van der Waals surface area contributed by atoms with Crippen LogP contribution in [-0.4, -0.2) is 66.7 Å². The van der Waals surface area contributed by atoms with Crippen molar-refractivity contribution >= 4 is 11.7 Å². The predicted octanol–water partition coefficient (Wildman–Crippen LogP) is -0.114. The quantitative estimate of drug-likeness (QED) is 0.837. The van der Waals surface area contributed by atoms with Crippen molar-refractivity contribution in [3.8, 4) is 5.88 Å². The molecule has 0 bridgehead atoms. The molecule has 0 saturated carbocycles. The minimum absolute atomic E-state index is 0.202. The van der Waals surface area contributed by atoms with Crippen molar-refractivity contribution in [3.63, 3.8) is 0 Å². The Balaban J connectivity index is 1.71. The van der Waals surface area contributed by atoms with E-state index in [9.17, 15) is 4.79 Å². The summed E-state index contributed by atoms with van der Waals surface area (Å²) in [4.78, 5) is 24.6. The van der Waals surface area contributed by atoms with Gasteiger partial charge in [0.05, 0.1) is 13.7 Å². The van der Waals surface area contributed by atoms with Crippen molar-refractivity contribution in [2.75, 3.05) is 44.7 Å². The lowest BCUT2D eigenvalue weighted by Crippen LogP contribution is -2.57. The van der Waals surface area contributed by atoms with Crippen LogP contribution in [0.3, 0.4) is 0 Å². The summed E-state index contributed by atoms with van der Waals surface area (Å²) in [7, 11) is 1.60. The maximum atomic E-state index is 12.0. The van der Waals surface area contributed by atoms with E-state index in [1.54, 1.807) is 7.11 Å². The van der Waals surface area contributed by atoms with E-state index in [-0.39, 0.29) is 11.9 Å². The summed E-state index contributed by atoms with van der Waals surface area (Å²) in [5, 5.41) is 3.12. The molecule has 0 radical (unpaired) electrons. The molecule has 1 atom stereocenters. The van der Waals surface area contributed by atoms with Crippen LogP contribution >= 0.6 is 0 Å². The summed E-state index contributed by atoms with van der Waals surface area (Å²) in [6.45, 7) is 3.91. The molecule has 1 aromatic rings. The summed E-state index contributed by atoms with van der Waals surface area (Å²) in [6.07, 6.45) is 3.65. The Labute approximate surface area is 124 Å². The molecule has 0 spiro atoms. The van der Waals surface area contributed by atoms with Crippen LogP contribution in [0.25, 0.3) is 0 Å². The molecule has 1 amide bonds. The first-order valence-electron chi connectivity index (χ1n) is 7.39. The molecule has 0 aliphatic carbocycles. The lowest BCUT2D eigenvalue weighted by molar-refractivity contribution is -0.134. The van der Waals surface area contributed by atoms with Crippen LogP contribution in [0.15, 0.2) is 12.4 Å². The fourth-order valence-corrected chi connectivity index (χ4v) is 3.04. The van der Waals surface area contributed by atoms with Crippen molar-refractivity contribution < 1.29 is 9.53 Å². The van der Waals surface area contributed by atoms with Gasteiger partial charge in [-0.05, 0) is 12.8 Å². The van der Waals surface area contributed by atoms with E-state index < -0.39 is 0 Å². The molecule has 7 heteroatoms. The molecule has 1 aromatic heterocycles. The monoisotopic (exact) mass is 291 g/mol. The third-order valence-electron chi connectivity index (χ3n) is 4.12. The number of carbonyl (C=O) groups excluding carboxylic acids is 1. The normalized spacial score (nSPS) is 23.3. The molecule has 2 fully saturated rings. The smallest absolute Gasteiger partial charge is 0.236 e. The number of piperidine rings is 1. The number of anilines is 1. The van der Waals surface area contributed by atoms with Crippen LogP contribution < -0.4 is 15.0 Å². The van der Waals surface area contributed by atoms with Gasteiger partial charge in [0.25, 0.3) is 0 Å². The second kappa shape index (κ2) is 6.26. The number of nitrogens with one attached hydrogen (secondary N) is 1. The van der Waals surface area contributed by atoms with Crippen molar-refractivity contribution in [3.05, 3.63) is 12.4 Å². The fourth-order valence-electron chi connectivity index (χ4n) is 3.04. The number of piperazine rings is 1. The zero-order chi connectivity index (χ0) is 14.7. The highest BCUT2D eigenvalue weighted by Gasteiger charge is 2.30. The molecule has 2 aliphatic heterocycles. The number of aromatic nitrogens is 2. The van der Waals surface area contributed by atoms with Crippen LogP contribution in [0.5, 0.6) is 5.88 Å². The SMILES string of the molecule is COc1cc(N2CCCC(N3CCNCC3=O)C2)ncn1. The predicted molar refractivity (Wildman–Crippen MR) is 78.4 cm³/mol. The Morgan fingerprint density at radius 3 is 3.10 bits per heavy atom. The highest BCUT2D eigenvalue weighted by Crippen LogP contribution is 2.23. The summed E-state index contributed by atoms with van der Waals surface area (Å²) < 4.78 is 5.16. The third kappa shape index (κ3) is 3.07. The molecule has 2 saturated heterocycles. The number of nitrogens with zero attached hydrogens (tertiary/aromatic N) is 4. The Kier molecular flexibility index (Phi) is 4.19. The number of amides is 1. The van der Waals surface area contributed by atoms with Crippen LogP contribution in [0, 0.1) is 0 Å². The van der Waals surface area contributed by atoms with E-state index in [2.05, 4.69) is 20.2 Å². The van der Waals surface area contributed by atoms with Crippen LogP contribution in [-0.2, 0) is 4.79 Å². The van der Waals surface area contributed by atoms with Gasteiger partial charge in [-0.15, -0.1) is 0 Å². The van der Waals surface area contributed by atoms with Crippen LogP contribution in [0.1, 0.15) is 12.8 Å². The number of carbonyl (C=O) groups is 1. The summed E-state index contributed by atoms with van der Waals surface area (Å²) in [6, 6.07) is 2.12. The Morgan fingerprint density at radius 1 is 1.38 bits per heavy atom. The van der Waals surface area contributed by atoms with Gasteiger partial charge in [-0.1, -0.05) is 0 Å². The van der Waals surface area contributed by atoms with Gasteiger partial charge in [0, 0.05) is 38.3 Å². The molecule has 3 heterocycles. The van der Waals surface area contributed by atoms with Crippen molar-refractivity contribution in [2.24, 2.45) is 0 Å². The van der Waals surface area contributed by atoms with Gasteiger partial charge < -0.3 is 19.9 Å². The Hall–Kier alpha value is -1.89. The fraction of sp³-hybridized carbons (Fsp3) is 0.643. The first kappa shape index (κ1) is 14.1. The summed E-state index contributed by atoms with van der Waals surface area (Å²) in [5.74, 6) is 1.64. The standard InChI is InChI=1S/C14H21N5O2/c1-21-13-7-12(16-10-17-13)18-5-2-3-11(9-18)19-6-4-15-8-14(19)20/h7,10-11,15H,2-6,8-9H2,1H3. The van der Waals surface area contributed by atoms with Gasteiger partial charge in [0.1, 0.15) is 12.1 Å². The molecule has 114 valence electrons. The van der Waals surface area contributed by atoms with Crippen molar-refractivity contribution in [2.45, 2.75) is 18.9 Å². The second-order valence-corrected chi connectivity index (χ2v) is 5.42. The summed E-state index contributed by atoms with van der Waals surface area (Å²) in [5.41, 5.74) is 0. The number of rotatable bonds is 3. The van der Waals surface area contributed by atoms with Gasteiger partial charge >= 0.3 is 0 Å². The van der Waals surface area contributed by atoms with E-state index in [0.717, 1.165) is 44.8 Å². The number of ether oxygens (including phenoxy) is 1. The lowest BCUT2D eigenvalue weighted by Gasteiger charge is -2.41. The minimum Gasteiger partial charge on any atom is -0.481 e. The Morgan fingerprint density at radius 2 is 2.29 bits per heavy atom. The maximum absolute atomic E-state index is 12.0. The van der Waals surface area contributed by atoms with Gasteiger partial charge in [-0.25, -0.2) is 9.97 Å². The van der Waals surface area contributed by atoms with Gasteiger partial charge in [-0.3, -0.25) is 4.79 Å². The van der Waals surface area contributed by atoms with Crippen molar-refractivity contribution in [1.29, 1.82) is 0 Å². The molecule has 3 rings (SSSR count). The highest BCUT2D eigenvalue weighted by molar-refractivity contribution is 5.79. The lowest BCUT2D eigenvalue weighted by atomic mass is 10.0. The number of methoxy groups -OCH3 is 1. The topological polar surface area (TPSA) is 70.6 Å². The molecule has 2 aliphatic rings. The van der Waals surface area contributed by atoms with Crippen LogP contribution in [0.2, 0.25) is 0 Å². The second-order valence-electron chi connectivity index (χ2n) is 5.42. The Bertz CT molecular complexity index is 510. The largest absolute Gasteiger partial charge is 0.481 e. The molecule has 1 N–H and O–H groups in total.